The summed E-state index contributed by atoms with van der Waals surface area (Å²) in [6.45, 7) is 0. The molecular weight excluding hydrogens is 1470 g/mol. The number of nitrogens with zero attached hydrogens (tertiary/aromatic N) is 4. The molecule has 0 atom stereocenters. The van der Waals surface area contributed by atoms with Crippen LogP contribution < -0.4 is 19.6 Å². The maximum absolute atomic E-state index is 2.39. The van der Waals surface area contributed by atoms with E-state index in [4.69, 9.17) is 0 Å². The highest BCUT2D eigenvalue weighted by molar-refractivity contribution is 6.23. The van der Waals surface area contributed by atoms with Gasteiger partial charge in [-0.25, -0.2) is 0 Å². The van der Waals surface area contributed by atoms with Crippen molar-refractivity contribution in [3.05, 3.63) is 510 Å². The zero-order valence-corrected chi connectivity index (χ0v) is 67.3. The molecule has 576 valence electrons. The van der Waals surface area contributed by atoms with Gasteiger partial charge < -0.3 is 19.6 Å². The minimum absolute atomic E-state index is 1.07. The zero-order valence-electron chi connectivity index (χ0n) is 67.3. The number of anilines is 12. The Balaban J connectivity index is 0.000000156. The van der Waals surface area contributed by atoms with Gasteiger partial charge in [-0.05, 0) is 255 Å². The van der Waals surface area contributed by atoms with Crippen LogP contribution in [0.15, 0.2) is 510 Å². The van der Waals surface area contributed by atoms with Gasteiger partial charge in [-0.1, -0.05) is 370 Å². The summed E-state index contributed by atoms with van der Waals surface area (Å²) in [5.74, 6) is 0. The Hall–Kier alpha value is -16.1. The molecule has 0 heterocycles. The molecule has 21 aromatic carbocycles. The van der Waals surface area contributed by atoms with Gasteiger partial charge in [0, 0.05) is 68.1 Å². The fourth-order valence-corrected chi connectivity index (χ4v) is 17.7. The van der Waals surface area contributed by atoms with Crippen LogP contribution >= 0.6 is 0 Å². The summed E-state index contributed by atoms with van der Waals surface area (Å²) in [6.07, 6.45) is 0. The predicted octanol–water partition coefficient (Wildman–Crippen LogP) is 33.5. The molecule has 0 saturated heterocycles. The molecule has 0 amide bonds. The summed E-state index contributed by atoms with van der Waals surface area (Å²) in [6, 6.07) is 183. The molecule has 21 aromatic rings. The first-order valence-electron chi connectivity index (χ1n) is 41.8. The summed E-state index contributed by atoms with van der Waals surface area (Å²) in [4.78, 5) is 9.36. The quantitative estimate of drug-likeness (QED) is 0.0748. The number of rotatable bonds is 19. The molecule has 0 saturated carbocycles. The topological polar surface area (TPSA) is 13.0 Å². The predicted molar refractivity (Wildman–Crippen MR) is 520 cm³/mol. The van der Waals surface area contributed by atoms with Crippen molar-refractivity contribution in [2.24, 2.45) is 0 Å². The SMILES string of the molecule is c1ccc(-c2ccc(-c3ccc(N(c4ccc(-c5c6ccccc6c(-c6ccccc6)c6ccccc56)cc4)c4ccc(N(c5ccccc5)c5ccccc5)cc4)cc3)cc2)cc1.c1ccc(-c2ccccc2N(c2ccc(-c3c4ccccc4c(-c4ccccc4)c4ccccc34)cc2)c2ccc(N(c3ccccc3)c3ccccc3)cc2)cc1. The lowest BCUT2D eigenvalue weighted by Crippen LogP contribution is -2.12. The molecule has 0 radical (unpaired) electrons. The Morgan fingerprint density at radius 1 is 0.0984 bits per heavy atom. The van der Waals surface area contributed by atoms with Gasteiger partial charge in [0.15, 0.2) is 0 Å². The van der Waals surface area contributed by atoms with E-state index in [2.05, 4.69) is 529 Å². The average molecular weight is 1560 g/mol. The highest BCUT2D eigenvalue weighted by Gasteiger charge is 2.24. The van der Waals surface area contributed by atoms with Crippen LogP contribution in [-0.2, 0) is 0 Å². The van der Waals surface area contributed by atoms with Crippen molar-refractivity contribution in [1.82, 2.24) is 0 Å². The summed E-state index contributed by atoms with van der Waals surface area (Å²) in [7, 11) is 0. The first-order chi connectivity index (χ1) is 60.6. The van der Waals surface area contributed by atoms with Crippen molar-refractivity contribution in [3.63, 3.8) is 0 Å². The average Bonchev–Trinajstić information content (AvgIpc) is 0.738. The normalized spacial score (nSPS) is 11.1. The molecule has 4 heteroatoms. The summed E-state index contributed by atoms with van der Waals surface area (Å²) in [5, 5.41) is 10.00. The van der Waals surface area contributed by atoms with Gasteiger partial charge in [-0.2, -0.15) is 0 Å². The summed E-state index contributed by atoms with van der Waals surface area (Å²) >= 11 is 0. The Kier molecular flexibility index (Phi) is 20.9. The lowest BCUT2D eigenvalue weighted by molar-refractivity contribution is 1.26. The maximum atomic E-state index is 2.39. The monoisotopic (exact) mass is 1560 g/mol. The largest absolute Gasteiger partial charge is 0.311 e. The van der Waals surface area contributed by atoms with E-state index in [0.717, 1.165) is 68.2 Å². The van der Waals surface area contributed by atoms with E-state index in [-0.39, 0.29) is 0 Å². The minimum atomic E-state index is 1.07. The van der Waals surface area contributed by atoms with Crippen molar-refractivity contribution in [2.45, 2.75) is 0 Å². The highest BCUT2D eigenvalue weighted by Crippen LogP contribution is 2.50. The fourth-order valence-electron chi connectivity index (χ4n) is 17.7. The molecule has 0 fully saturated rings. The van der Waals surface area contributed by atoms with Gasteiger partial charge in [-0.3, -0.25) is 0 Å². The van der Waals surface area contributed by atoms with E-state index in [0.29, 0.717) is 0 Å². The minimum Gasteiger partial charge on any atom is -0.311 e. The molecule has 21 rings (SSSR count). The Morgan fingerprint density at radius 3 is 0.516 bits per heavy atom. The molecule has 0 N–H and O–H groups in total. The molecule has 0 spiro atoms. The third-order valence-electron chi connectivity index (χ3n) is 23.3. The Morgan fingerprint density at radius 2 is 0.254 bits per heavy atom. The molecule has 0 aliphatic carbocycles. The van der Waals surface area contributed by atoms with Crippen molar-refractivity contribution >= 4 is 111 Å². The van der Waals surface area contributed by atoms with Gasteiger partial charge in [0.1, 0.15) is 0 Å². The summed E-state index contributed by atoms with van der Waals surface area (Å²) < 4.78 is 0. The second-order valence-corrected chi connectivity index (χ2v) is 30.6. The van der Waals surface area contributed by atoms with Crippen LogP contribution in [-0.4, -0.2) is 0 Å². The first kappa shape index (κ1) is 74.7. The van der Waals surface area contributed by atoms with E-state index in [9.17, 15) is 0 Å². The van der Waals surface area contributed by atoms with Crippen LogP contribution in [0.1, 0.15) is 0 Å². The number of fused-ring (bicyclic) bond motifs is 4. The molecule has 0 bridgehead atoms. The van der Waals surface area contributed by atoms with Crippen molar-refractivity contribution in [3.8, 4) is 77.9 Å². The van der Waals surface area contributed by atoms with Gasteiger partial charge in [0.25, 0.3) is 0 Å². The maximum Gasteiger partial charge on any atom is 0.0540 e. The number of hydrogen-bond donors (Lipinski definition) is 0. The van der Waals surface area contributed by atoms with Crippen LogP contribution in [0.5, 0.6) is 0 Å². The second-order valence-electron chi connectivity index (χ2n) is 30.6. The molecule has 0 aromatic heterocycles. The molecule has 0 aliphatic heterocycles. The zero-order chi connectivity index (χ0) is 81.3. The van der Waals surface area contributed by atoms with Gasteiger partial charge >= 0.3 is 0 Å². The molecule has 122 heavy (non-hydrogen) atoms. The van der Waals surface area contributed by atoms with E-state index in [1.54, 1.807) is 0 Å². The highest BCUT2D eigenvalue weighted by atomic mass is 15.2. The molecule has 0 unspecified atom stereocenters. The molecule has 4 nitrogen and oxygen atoms in total. The van der Waals surface area contributed by atoms with Gasteiger partial charge in [0.05, 0.1) is 5.69 Å². The lowest BCUT2D eigenvalue weighted by atomic mass is 9.86. The van der Waals surface area contributed by atoms with Gasteiger partial charge in [0.2, 0.25) is 0 Å². The van der Waals surface area contributed by atoms with E-state index >= 15 is 0 Å². The van der Waals surface area contributed by atoms with Crippen molar-refractivity contribution in [1.29, 1.82) is 0 Å². The van der Waals surface area contributed by atoms with Crippen LogP contribution in [0.25, 0.3) is 121 Å². The Bertz CT molecular complexity index is 6950. The van der Waals surface area contributed by atoms with Crippen LogP contribution in [0.2, 0.25) is 0 Å². The summed E-state index contributed by atoms with van der Waals surface area (Å²) in [5.41, 5.74) is 30.1. The fraction of sp³-hybridized carbons (Fsp3) is 0. The van der Waals surface area contributed by atoms with Crippen molar-refractivity contribution < 1.29 is 0 Å². The molecule has 0 aliphatic rings. The lowest BCUT2D eigenvalue weighted by Gasteiger charge is -2.30. The van der Waals surface area contributed by atoms with Crippen LogP contribution in [0.3, 0.4) is 0 Å². The number of hydrogen-bond acceptors (Lipinski definition) is 4. The van der Waals surface area contributed by atoms with Crippen LogP contribution in [0, 0.1) is 0 Å². The first-order valence-corrected chi connectivity index (χ1v) is 41.8. The van der Waals surface area contributed by atoms with Crippen LogP contribution in [0.4, 0.5) is 68.2 Å². The molecular formula is C118H84N4. The second kappa shape index (κ2) is 34.2. The number of benzene rings is 21. The Labute approximate surface area is 713 Å². The third kappa shape index (κ3) is 15.0. The number of para-hydroxylation sites is 5. The third-order valence-corrected chi connectivity index (χ3v) is 23.3. The van der Waals surface area contributed by atoms with E-state index in [1.807, 2.05) is 0 Å². The smallest absolute Gasteiger partial charge is 0.0540 e. The standard InChI is InChI=1S/C62H44N2.C56H40N2/c1-5-17-45(18-6-1)46-29-31-47(32-30-46)48-33-37-53(38-34-48)64(56-43-41-55(42-44-56)63(51-21-9-3-10-22-51)52-23-11-4-12-24-52)54-39-35-50(36-40-54)62-59-27-15-13-25-57(59)61(49-19-7-2-8-20-49)58-26-14-16-28-60(58)62;1-5-19-41(20-6-1)49-27-17-18-32-54(49)58(48-39-37-46(38-40-48)57(44-23-9-3-10-24-44)45-25-11-4-12-26-45)47-35-33-43(34-36-47)56-52-30-15-13-28-50(52)55(42-21-7-2-8-22-42)51-29-14-16-31-53(51)56/h1-44H;1-40H. The van der Waals surface area contributed by atoms with Crippen molar-refractivity contribution in [2.75, 3.05) is 19.6 Å². The van der Waals surface area contributed by atoms with E-state index in [1.165, 1.54) is 121 Å². The van der Waals surface area contributed by atoms with E-state index < -0.39 is 0 Å². The van der Waals surface area contributed by atoms with Gasteiger partial charge in [-0.15, -0.1) is 0 Å².